The fourth-order valence-electron chi connectivity index (χ4n) is 3.21. The third kappa shape index (κ3) is 1.92. The van der Waals surface area contributed by atoms with Crippen LogP contribution in [-0.4, -0.2) is 0 Å². The summed E-state index contributed by atoms with van der Waals surface area (Å²) in [6, 6.07) is 14.7. The number of aromatic nitrogens is 1. The SMILES string of the molecule is Cc1c(F)cc2c(oc3cccc(C#N)c32)c1-c1cccc[n+]1C. The zero-order chi connectivity index (χ0) is 16.8. The van der Waals surface area contributed by atoms with Gasteiger partial charge in [0.25, 0.3) is 0 Å². The first-order valence-electron chi connectivity index (χ1n) is 7.61. The minimum Gasteiger partial charge on any atom is -0.455 e. The molecule has 0 spiro atoms. The second-order valence-electron chi connectivity index (χ2n) is 5.82. The van der Waals surface area contributed by atoms with Gasteiger partial charge in [-0.15, -0.1) is 0 Å². The molecule has 2 aromatic carbocycles. The highest BCUT2D eigenvalue weighted by Gasteiger charge is 2.23. The number of rotatable bonds is 1. The molecule has 0 atom stereocenters. The van der Waals surface area contributed by atoms with E-state index in [1.807, 2.05) is 36.0 Å². The van der Waals surface area contributed by atoms with Crippen LogP contribution in [-0.2, 0) is 7.05 Å². The van der Waals surface area contributed by atoms with Gasteiger partial charge < -0.3 is 4.42 Å². The van der Waals surface area contributed by atoms with Crippen LogP contribution in [0.15, 0.2) is 53.1 Å². The summed E-state index contributed by atoms with van der Waals surface area (Å²) in [5, 5.41) is 10.7. The quantitative estimate of drug-likeness (QED) is 0.488. The van der Waals surface area contributed by atoms with Crippen molar-refractivity contribution in [2.45, 2.75) is 6.92 Å². The predicted molar refractivity (Wildman–Crippen MR) is 89.7 cm³/mol. The summed E-state index contributed by atoms with van der Waals surface area (Å²) in [6.45, 7) is 1.75. The van der Waals surface area contributed by atoms with Gasteiger partial charge in [-0.3, -0.25) is 0 Å². The van der Waals surface area contributed by atoms with Gasteiger partial charge in [0.15, 0.2) is 6.20 Å². The Morgan fingerprint density at radius 2 is 2.00 bits per heavy atom. The molecule has 4 heteroatoms. The Morgan fingerprint density at radius 1 is 1.17 bits per heavy atom. The number of benzene rings is 2. The number of aryl methyl sites for hydroxylation is 1. The molecule has 3 nitrogen and oxygen atoms in total. The van der Waals surface area contributed by atoms with Gasteiger partial charge in [0.05, 0.1) is 17.2 Å². The van der Waals surface area contributed by atoms with Crippen molar-refractivity contribution in [3.63, 3.8) is 0 Å². The zero-order valence-corrected chi connectivity index (χ0v) is 13.3. The highest BCUT2D eigenvalue weighted by molar-refractivity contribution is 6.11. The van der Waals surface area contributed by atoms with Crippen LogP contribution < -0.4 is 4.57 Å². The van der Waals surface area contributed by atoms with Crippen LogP contribution >= 0.6 is 0 Å². The normalized spacial score (nSPS) is 11.1. The topological polar surface area (TPSA) is 40.8 Å². The van der Waals surface area contributed by atoms with Crippen molar-refractivity contribution in [2.24, 2.45) is 7.05 Å². The molecule has 0 saturated carbocycles. The van der Waals surface area contributed by atoms with Crippen LogP contribution in [0, 0.1) is 24.1 Å². The van der Waals surface area contributed by atoms with Gasteiger partial charge in [-0.2, -0.15) is 5.26 Å². The summed E-state index contributed by atoms with van der Waals surface area (Å²) < 4.78 is 22.6. The number of nitrogens with zero attached hydrogens (tertiary/aromatic N) is 2. The highest BCUT2D eigenvalue weighted by Crippen LogP contribution is 2.39. The number of furan rings is 1. The van der Waals surface area contributed by atoms with Gasteiger partial charge in [-0.25, -0.2) is 8.96 Å². The van der Waals surface area contributed by atoms with E-state index in [0.717, 1.165) is 5.69 Å². The molecule has 4 aromatic rings. The third-order valence-electron chi connectivity index (χ3n) is 4.42. The Labute approximate surface area is 138 Å². The third-order valence-corrected chi connectivity index (χ3v) is 4.42. The second kappa shape index (κ2) is 5.17. The van der Waals surface area contributed by atoms with Crippen LogP contribution in [0.1, 0.15) is 11.1 Å². The maximum absolute atomic E-state index is 14.6. The molecule has 0 fully saturated rings. The molecule has 0 unspecified atom stereocenters. The lowest BCUT2D eigenvalue weighted by Gasteiger charge is -2.06. The van der Waals surface area contributed by atoms with Crippen molar-refractivity contribution in [3.8, 4) is 17.3 Å². The second-order valence-corrected chi connectivity index (χ2v) is 5.82. The monoisotopic (exact) mass is 317 g/mol. The van der Waals surface area contributed by atoms with Gasteiger partial charge in [-0.05, 0) is 31.2 Å². The predicted octanol–water partition coefficient (Wildman–Crippen LogP) is 4.40. The number of fused-ring (bicyclic) bond motifs is 3. The van der Waals surface area contributed by atoms with E-state index >= 15 is 0 Å². The summed E-state index contributed by atoms with van der Waals surface area (Å²) >= 11 is 0. The zero-order valence-electron chi connectivity index (χ0n) is 13.3. The van der Waals surface area contributed by atoms with E-state index in [0.29, 0.717) is 38.6 Å². The molecule has 0 saturated heterocycles. The van der Waals surface area contributed by atoms with Crippen LogP contribution in [0.5, 0.6) is 0 Å². The molecule has 0 aliphatic carbocycles. The molecule has 0 aliphatic heterocycles. The van der Waals surface area contributed by atoms with E-state index < -0.39 is 0 Å². The smallest absolute Gasteiger partial charge is 0.216 e. The Hall–Kier alpha value is -3.19. The van der Waals surface area contributed by atoms with Gasteiger partial charge in [0.2, 0.25) is 5.69 Å². The standard InChI is InChI=1S/C20H14FN2O/c1-12-15(21)10-14-19-13(11-22)6-5-8-17(19)24-20(14)18(12)16-7-3-4-9-23(16)2/h3-10H,1-2H3/q+1. The van der Waals surface area contributed by atoms with Gasteiger partial charge >= 0.3 is 0 Å². The number of hydrogen-bond donors (Lipinski definition) is 0. The maximum Gasteiger partial charge on any atom is 0.216 e. The van der Waals surface area contributed by atoms with Crippen molar-refractivity contribution in [2.75, 3.05) is 0 Å². The summed E-state index contributed by atoms with van der Waals surface area (Å²) in [5.41, 5.74) is 3.78. The van der Waals surface area contributed by atoms with E-state index in [2.05, 4.69) is 6.07 Å². The van der Waals surface area contributed by atoms with Crippen molar-refractivity contribution >= 4 is 21.9 Å². The number of pyridine rings is 1. The average Bonchev–Trinajstić information content (AvgIpc) is 2.95. The van der Waals surface area contributed by atoms with E-state index in [1.54, 1.807) is 25.1 Å². The summed E-state index contributed by atoms with van der Waals surface area (Å²) in [5.74, 6) is -0.309. The van der Waals surface area contributed by atoms with Gasteiger partial charge in [0.1, 0.15) is 24.0 Å². The summed E-state index contributed by atoms with van der Waals surface area (Å²) in [7, 11) is 1.91. The minimum absolute atomic E-state index is 0.309. The van der Waals surface area contributed by atoms with Crippen LogP contribution in [0.3, 0.4) is 0 Å². The first-order chi connectivity index (χ1) is 11.6. The minimum atomic E-state index is -0.309. The molecular formula is C20H14FN2O+. The molecular weight excluding hydrogens is 303 g/mol. The van der Waals surface area contributed by atoms with Crippen molar-refractivity contribution in [1.82, 2.24) is 0 Å². The lowest BCUT2D eigenvalue weighted by atomic mass is 9.99. The molecule has 116 valence electrons. The maximum atomic E-state index is 14.6. The lowest BCUT2D eigenvalue weighted by Crippen LogP contribution is -2.30. The Balaban J connectivity index is 2.24. The molecule has 0 radical (unpaired) electrons. The summed E-state index contributed by atoms with van der Waals surface area (Å²) in [4.78, 5) is 0. The Morgan fingerprint density at radius 3 is 2.75 bits per heavy atom. The molecule has 2 aromatic heterocycles. The average molecular weight is 317 g/mol. The van der Waals surface area contributed by atoms with Crippen molar-refractivity contribution in [1.29, 1.82) is 5.26 Å². The van der Waals surface area contributed by atoms with Crippen molar-refractivity contribution in [3.05, 3.63) is 65.6 Å². The molecule has 0 aliphatic rings. The van der Waals surface area contributed by atoms with E-state index in [4.69, 9.17) is 4.42 Å². The van der Waals surface area contributed by atoms with Crippen LogP contribution in [0.4, 0.5) is 4.39 Å². The molecule has 0 N–H and O–H groups in total. The van der Waals surface area contributed by atoms with Crippen molar-refractivity contribution < 1.29 is 13.4 Å². The molecule has 4 rings (SSSR count). The molecule has 2 heterocycles. The number of hydrogen-bond acceptors (Lipinski definition) is 2. The largest absolute Gasteiger partial charge is 0.455 e. The molecule has 24 heavy (non-hydrogen) atoms. The number of nitriles is 1. The van der Waals surface area contributed by atoms with E-state index in [1.165, 1.54) is 6.07 Å². The van der Waals surface area contributed by atoms with Crippen LogP contribution in [0.2, 0.25) is 0 Å². The Bertz CT molecular complexity index is 1150. The molecule has 0 amide bonds. The Kier molecular flexibility index (Phi) is 3.10. The first-order valence-corrected chi connectivity index (χ1v) is 7.61. The van der Waals surface area contributed by atoms with E-state index in [9.17, 15) is 9.65 Å². The fourth-order valence-corrected chi connectivity index (χ4v) is 3.21. The summed E-state index contributed by atoms with van der Waals surface area (Å²) in [6.07, 6.45) is 1.91. The van der Waals surface area contributed by atoms with Crippen LogP contribution in [0.25, 0.3) is 33.2 Å². The fraction of sp³-hybridized carbons (Fsp3) is 0.100. The van der Waals surface area contributed by atoms with Gasteiger partial charge in [-0.1, -0.05) is 6.07 Å². The first kappa shape index (κ1) is 14.4. The molecule has 0 bridgehead atoms. The van der Waals surface area contributed by atoms with Gasteiger partial charge in [0, 0.05) is 28.5 Å². The van der Waals surface area contributed by atoms with E-state index in [-0.39, 0.29) is 5.82 Å². The lowest BCUT2D eigenvalue weighted by molar-refractivity contribution is -0.660. The number of halogens is 1. The highest BCUT2D eigenvalue weighted by atomic mass is 19.1.